The van der Waals surface area contributed by atoms with Crippen LogP contribution in [-0.4, -0.2) is 42.4 Å². The molecule has 98 valence electrons. The quantitative estimate of drug-likeness (QED) is 0.749. The van der Waals surface area contributed by atoms with E-state index in [9.17, 15) is 9.59 Å². The van der Waals surface area contributed by atoms with Gasteiger partial charge in [0.05, 0.1) is 0 Å². The van der Waals surface area contributed by atoms with Crippen molar-refractivity contribution >= 4 is 17.6 Å². The summed E-state index contributed by atoms with van der Waals surface area (Å²) in [4.78, 5) is 25.6. The van der Waals surface area contributed by atoms with Crippen LogP contribution in [0.4, 0.5) is 10.5 Å². The molecule has 1 aromatic rings. The lowest BCUT2D eigenvalue weighted by molar-refractivity contribution is -0.118. The second-order valence-electron chi connectivity index (χ2n) is 4.24. The number of nitrogen functional groups attached to an aromatic ring is 1. The summed E-state index contributed by atoms with van der Waals surface area (Å²) in [6, 6.07) is 6.86. The molecule has 0 fully saturated rings. The number of primary amides is 1. The van der Waals surface area contributed by atoms with Gasteiger partial charge in [0.25, 0.3) is 0 Å². The van der Waals surface area contributed by atoms with Crippen LogP contribution in [-0.2, 0) is 11.3 Å². The van der Waals surface area contributed by atoms with Crippen molar-refractivity contribution < 1.29 is 9.59 Å². The molecule has 0 aliphatic heterocycles. The first-order valence-electron chi connectivity index (χ1n) is 5.49. The number of urea groups is 1. The van der Waals surface area contributed by atoms with Gasteiger partial charge in [0.2, 0.25) is 5.91 Å². The zero-order chi connectivity index (χ0) is 13.7. The van der Waals surface area contributed by atoms with Crippen LogP contribution in [0.5, 0.6) is 0 Å². The number of nitrogens with zero attached hydrogens (tertiary/aromatic N) is 2. The van der Waals surface area contributed by atoms with E-state index in [0.29, 0.717) is 12.2 Å². The van der Waals surface area contributed by atoms with E-state index in [-0.39, 0.29) is 12.6 Å². The Labute approximate surface area is 106 Å². The number of nitrogens with two attached hydrogens (primary N) is 2. The van der Waals surface area contributed by atoms with E-state index in [0.717, 1.165) is 5.56 Å². The maximum Gasteiger partial charge on any atom is 0.320 e. The van der Waals surface area contributed by atoms with Crippen molar-refractivity contribution in [1.29, 1.82) is 0 Å². The third kappa shape index (κ3) is 3.97. The molecule has 0 unspecified atom stereocenters. The Morgan fingerprint density at radius 1 is 1.17 bits per heavy atom. The minimum Gasteiger partial charge on any atom is -0.399 e. The number of hydrogen-bond acceptors (Lipinski definition) is 3. The van der Waals surface area contributed by atoms with Gasteiger partial charge in [0.15, 0.2) is 0 Å². The zero-order valence-corrected chi connectivity index (χ0v) is 10.6. The highest BCUT2D eigenvalue weighted by molar-refractivity contribution is 5.82. The third-order valence-corrected chi connectivity index (χ3v) is 2.35. The van der Waals surface area contributed by atoms with Crippen molar-refractivity contribution in [3.63, 3.8) is 0 Å². The molecule has 0 bridgehead atoms. The Kier molecular flexibility index (Phi) is 4.53. The predicted octanol–water partition coefficient (Wildman–Crippen LogP) is 0.238. The standard InChI is InChI=1S/C12H18N4O2/c1-15(2)12(18)16(8-11(14)17)7-9-3-5-10(13)6-4-9/h3-6H,7-8,13H2,1-2H3,(H2,14,17). The molecule has 1 aromatic carbocycles. The third-order valence-electron chi connectivity index (χ3n) is 2.35. The second kappa shape index (κ2) is 5.90. The van der Waals surface area contributed by atoms with Crippen molar-refractivity contribution in [2.75, 3.05) is 26.4 Å². The summed E-state index contributed by atoms with van der Waals surface area (Å²) < 4.78 is 0. The van der Waals surface area contributed by atoms with E-state index >= 15 is 0 Å². The van der Waals surface area contributed by atoms with E-state index in [1.807, 2.05) is 12.1 Å². The Morgan fingerprint density at radius 3 is 2.17 bits per heavy atom. The molecule has 0 heterocycles. The van der Waals surface area contributed by atoms with Gasteiger partial charge in [-0.1, -0.05) is 12.1 Å². The molecule has 0 aliphatic rings. The first-order valence-corrected chi connectivity index (χ1v) is 5.49. The van der Waals surface area contributed by atoms with Crippen LogP contribution in [0.15, 0.2) is 24.3 Å². The van der Waals surface area contributed by atoms with Crippen molar-refractivity contribution in [2.24, 2.45) is 5.73 Å². The van der Waals surface area contributed by atoms with Crippen molar-refractivity contribution in [2.45, 2.75) is 6.54 Å². The molecule has 6 nitrogen and oxygen atoms in total. The number of carbonyl (C=O) groups is 2. The molecule has 0 saturated carbocycles. The Balaban J connectivity index is 2.81. The molecule has 1 rings (SSSR count). The minimum absolute atomic E-state index is 0.110. The summed E-state index contributed by atoms with van der Waals surface area (Å²) in [5, 5.41) is 0. The maximum absolute atomic E-state index is 11.9. The highest BCUT2D eigenvalue weighted by Crippen LogP contribution is 2.09. The van der Waals surface area contributed by atoms with E-state index in [1.54, 1.807) is 26.2 Å². The summed E-state index contributed by atoms with van der Waals surface area (Å²) in [6.45, 7) is 0.210. The highest BCUT2D eigenvalue weighted by atomic mass is 16.2. The predicted molar refractivity (Wildman–Crippen MR) is 69.5 cm³/mol. The number of rotatable bonds is 4. The summed E-state index contributed by atoms with van der Waals surface area (Å²) in [7, 11) is 3.25. The highest BCUT2D eigenvalue weighted by Gasteiger charge is 2.17. The van der Waals surface area contributed by atoms with Gasteiger partial charge < -0.3 is 21.3 Å². The molecule has 0 aromatic heterocycles. The lowest BCUT2D eigenvalue weighted by Gasteiger charge is -2.25. The molecular weight excluding hydrogens is 232 g/mol. The van der Waals surface area contributed by atoms with Crippen LogP contribution in [0, 0.1) is 0 Å². The van der Waals surface area contributed by atoms with Crippen molar-refractivity contribution in [3.05, 3.63) is 29.8 Å². The fourth-order valence-electron chi connectivity index (χ4n) is 1.51. The molecular formula is C12H18N4O2. The monoisotopic (exact) mass is 250 g/mol. The smallest absolute Gasteiger partial charge is 0.320 e. The van der Waals surface area contributed by atoms with E-state index in [4.69, 9.17) is 11.5 Å². The van der Waals surface area contributed by atoms with Crippen molar-refractivity contribution in [3.8, 4) is 0 Å². The number of benzene rings is 1. The zero-order valence-electron chi connectivity index (χ0n) is 10.6. The molecule has 4 N–H and O–H groups in total. The summed E-state index contributed by atoms with van der Waals surface area (Å²) in [6.07, 6.45) is 0. The summed E-state index contributed by atoms with van der Waals surface area (Å²) in [5.41, 5.74) is 12.3. The molecule has 0 atom stereocenters. The van der Waals surface area contributed by atoms with E-state index in [1.165, 1.54) is 9.80 Å². The fraction of sp³-hybridized carbons (Fsp3) is 0.333. The van der Waals surface area contributed by atoms with Crippen molar-refractivity contribution in [1.82, 2.24) is 9.80 Å². The fourth-order valence-corrected chi connectivity index (χ4v) is 1.51. The van der Waals surface area contributed by atoms with Gasteiger partial charge in [-0.25, -0.2) is 4.79 Å². The number of anilines is 1. The Morgan fingerprint density at radius 2 is 1.72 bits per heavy atom. The SMILES string of the molecule is CN(C)C(=O)N(CC(N)=O)Cc1ccc(N)cc1. The molecule has 18 heavy (non-hydrogen) atoms. The minimum atomic E-state index is -0.541. The van der Waals surface area contributed by atoms with Crippen LogP contribution in [0.1, 0.15) is 5.56 Å². The van der Waals surface area contributed by atoms with Gasteiger partial charge in [0.1, 0.15) is 6.54 Å². The Hall–Kier alpha value is -2.24. The first kappa shape index (κ1) is 13.8. The van der Waals surface area contributed by atoms with Gasteiger partial charge in [0, 0.05) is 26.3 Å². The van der Waals surface area contributed by atoms with Crippen LogP contribution in [0.25, 0.3) is 0 Å². The van der Waals surface area contributed by atoms with Crippen LogP contribution < -0.4 is 11.5 Å². The van der Waals surface area contributed by atoms with Crippen LogP contribution >= 0.6 is 0 Å². The van der Waals surface area contributed by atoms with Crippen LogP contribution in [0.3, 0.4) is 0 Å². The largest absolute Gasteiger partial charge is 0.399 e. The molecule has 0 spiro atoms. The first-order chi connectivity index (χ1) is 8.40. The number of hydrogen-bond donors (Lipinski definition) is 2. The molecule has 6 heteroatoms. The molecule has 3 amide bonds. The van der Waals surface area contributed by atoms with Gasteiger partial charge in [-0.15, -0.1) is 0 Å². The maximum atomic E-state index is 11.9. The summed E-state index contributed by atoms with van der Waals surface area (Å²) >= 11 is 0. The van der Waals surface area contributed by atoms with Gasteiger partial charge in [-0.3, -0.25) is 4.79 Å². The normalized spacial score (nSPS) is 9.89. The van der Waals surface area contributed by atoms with Gasteiger partial charge in [-0.05, 0) is 17.7 Å². The number of carbonyl (C=O) groups excluding carboxylic acids is 2. The summed E-state index contributed by atoms with van der Waals surface area (Å²) in [5.74, 6) is -0.541. The van der Waals surface area contributed by atoms with E-state index in [2.05, 4.69) is 0 Å². The van der Waals surface area contributed by atoms with E-state index < -0.39 is 5.91 Å². The van der Waals surface area contributed by atoms with Gasteiger partial charge >= 0.3 is 6.03 Å². The average molecular weight is 250 g/mol. The second-order valence-corrected chi connectivity index (χ2v) is 4.24. The Bertz CT molecular complexity index is 428. The average Bonchev–Trinajstić information content (AvgIpc) is 2.29. The molecule has 0 aliphatic carbocycles. The lowest BCUT2D eigenvalue weighted by atomic mass is 10.2. The topological polar surface area (TPSA) is 92.7 Å². The van der Waals surface area contributed by atoms with Gasteiger partial charge in [-0.2, -0.15) is 0 Å². The lowest BCUT2D eigenvalue weighted by Crippen LogP contribution is -2.43. The van der Waals surface area contributed by atoms with Crippen LogP contribution in [0.2, 0.25) is 0 Å². The number of amides is 3. The molecule has 0 saturated heterocycles. The molecule has 0 radical (unpaired) electrons.